The first kappa shape index (κ1) is 23.6. The molecule has 4 heterocycles. The van der Waals surface area contributed by atoms with Crippen LogP contribution >= 0.6 is 0 Å². The second-order valence-electron chi connectivity index (χ2n) is 10.5. The zero-order valence-electron chi connectivity index (χ0n) is 20.4. The summed E-state index contributed by atoms with van der Waals surface area (Å²) in [7, 11) is -3.60. The van der Waals surface area contributed by atoms with Gasteiger partial charge in [0, 0.05) is 42.0 Å². The minimum absolute atomic E-state index is 0.0571. The van der Waals surface area contributed by atoms with Crippen molar-refractivity contribution in [2.75, 3.05) is 4.90 Å². The van der Waals surface area contributed by atoms with E-state index in [2.05, 4.69) is 19.7 Å². The number of nitrogens with zero attached hydrogens (tertiary/aromatic N) is 5. The molecule has 1 aromatic heterocycles. The predicted octanol–water partition coefficient (Wildman–Crippen LogP) is 4.85. The van der Waals surface area contributed by atoms with E-state index in [-0.39, 0.29) is 18.4 Å². The predicted molar refractivity (Wildman–Crippen MR) is 136 cm³/mol. The summed E-state index contributed by atoms with van der Waals surface area (Å²) in [5.41, 5.74) is 2.12. The Morgan fingerprint density at radius 3 is 2.28 bits per heavy atom. The Kier molecular flexibility index (Phi) is 6.08. The minimum atomic E-state index is -3.60. The Morgan fingerprint density at radius 2 is 1.61 bits per heavy atom. The molecule has 0 amide bonds. The number of piperidine rings is 1. The van der Waals surface area contributed by atoms with Crippen molar-refractivity contribution in [2.45, 2.75) is 81.4 Å². The second kappa shape index (κ2) is 9.27. The molecule has 3 aliphatic heterocycles. The zero-order chi connectivity index (χ0) is 24.9. The van der Waals surface area contributed by atoms with Crippen LogP contribution in [0.25, 0.3) is 0 Å². The molecule has 3 saturated heterocycles. The maximum atomic E-state index is 15.5. The standard InChI is InChI=1S/C27H32FN5O2S/c1-19-7-12-27(20-5-3-2-4-6-20)36(34,35)32(19)16-21-8-9-24(15-26(21)28)33-22-10-11-23(33)14-25(13-22)31-17-29-30-18-31/h2-6,8-9,15,17-19,22-23,25,27H,7,10-14,16H2,1H3/t19-,22-,23+,25?,27+/m0/s1. The third-order valence-electron chi connectivity index (χ3n) is 8.42. The van der Waals surface area contributed by atoms with Crippen molar-refractivity contribution in [3.05, 3.63) is 78.1 Å². The average molecular weight is 510 g/mol. The van der Waals surface area contributed by atoms with Gasteiger partial charge >= 0.3 is 0 Å². The molecule has 0 radical (unpaired) electrons. The van der Waals surface area contributed by atoms with E-state index in [1.807, 2.05) is 43.3 Å². The van der Waals surface area contributed by atoms with Gasteiger partial charge in [-0.15, -0.1) is 10.2 Å². The van der Waals surface area contributed by atoms with Gasteiger partial charge in [-0.2, -0.15) is 4.31 Å². The monoisotopic (exact) mass is 509 g/mol. The Labute approximate surface area is 212 Å². The summed E-state index contributed by atoms with van der Waals surface area (Å²) in [5.74, 6) is -0.336. The van der Waals surface area contributed by atoms with Gasteiger partial charge in [0.2, 0.25) is 10.0 Å². The van der Waals surface area contributed by atoms with Gasteiger partial charge in [-0.05, 0) is 63.1 Å². The number of sulfonamides is 1. The molecule has 190 valence electrons. The lowest BCUT2D eigenvalue weighted by molar-refractivity contribution is 0.279. The number of halogens is 1. The largest absolute Gasteiger partial charge is 0.365 e. The third kappa shape index (κ3) is 4.12. The molecule has 3 aliphatic rings. The smallest absolute Gasteiger partial charge is 0.221 e. The van der Waals surface area contributed by atoms with E-state index < -0.39 is 15.3 Å². The molecular weight excluding hydrogens is 477 g/mol. The van der Waals surface area contributed by atoms with E-state index in [0.29, 0.717) is 30.1 Å². The highest BCUT2D eigenvalue weighted by atomic mass is 32.2. The van der Waals surface area contributed by atoms with Crippen molar-refractivity contribution in [3.63, 3.8) is 0 Å². The highest BCUT2D eigenvalue weighted by Gasteiger charge is 2.43. The minimum Gasteiger partial charge on any atom is -0.365 e. The van der Waals surface area contributed by atoms with E-state index in [9.17, 15) is 8.42 Å². The normalized spacial score (nSPS) is 29.9. The van der Waals surface area contributed by atoms with Gasteiger partial charge in [-0.1, -0.05) is 36.4 Å². The molecule has 3 aromatic rings. The van der Waals surface area contributed by atoms with Crippen LogP contribution in [0.2, 0.25) is 0 Å². The highest BCUT2D eigenvalue weighted by Crippen LogP contribution is 2.44. The van der Waals surface area contributed by atoms with E-state index in [1.165, 1.54) is 4.31 Å². The summed E-state index contributed by atoms with van der Waals surface area (Å²) in [6, 6.07) is 15.6. The summed E-state index contributed by atoms with van der Waals surface area (Å²) in [5, 5.41) is 7.33. The van der Waals surface area contributed by atoms with Gasteiger partial charge in [-0.25, -0.2) is 12.8 Å². The van der Waals surface area contributed by atoms with Crippen LogP contribution in [-0.2, 0) is 16.6 Å². The fourth-order valence-electron chi connectivity index (χ4n) is 6.56. The first-order valence-corrected chi connectivity index (χ1v) is 14.4. The zero-order valence-corrected chi connectivity index (χ0v) is 21.3. The van der Waals surface area contributed by atoms with Crippen molar-refractivity contribution in [2.24, 2.45) is 0 Å². The van der Waals surface area contributed by atoms with Crippen LogP contribution in [-0.4, -0.2) is 45.6 Å². The van der Waals surface area contributed by atoms with Gasteiger partial charge in [-0.3, -0.25) is 0 Å². The van der Waals surface area contributed by atoms with Crippen LogP contribution in [0, 0.1) is 5.82 Å². The molecule has 2 bridgehead atoms. The molecule has 2 aromatic carbocycles. The molecule has 0 aliphatic carbocycles. The number of benzene rings is 2. The van der Waals surface area contributed by atoms with Crippen LogP contribution in [0.1, 0.15) is 67.9 Å². The number of aromatic nitrogens is 3. The van der Waals surface area contributed by atoms with Gasteiger partial charge in [0.25, 0.3) is 0 Å². The van der Waals surface area contributed by atoms with Crippen molar-refractivity contribution >= 4 is 15.7 Å². The highest BCUT2D eigenvalue weighted by molar-refractivity contribution is 7.89. The second-order valence-corrected chi connectivity index (χ2v) is 12.6. The van der Waals surface area contributed by atoms with Crippen LogP contribution in [0.5, 0.6) is 0 Å². The summed E-state index contributed by atoms with van der Waals surface area (Å²) in [6.45, 7) is 1.98. The number of hydrogen-bond donors (Lipinski definition) is 0. The SMILES string of the molecule is C[C@H]1CC[C@H](c2ccccc2)S(=O)(=O)N1Cc1ccc(N2[C@@H]3CC[C@H]2CC(n2cnnc2)C3)cc1F. The fraction of sp³-hybridized carbons (Fsp3) is 0.481. The first-order valence-electron chi connectivity index (χ1n) is 12.9. The van der Waals surface area contributed by atoms with Crippen molar-refractivity contribution in [1.29, 1.82) is 0 Å². The quantitative estimate of drug-likeness (QED) is 0.492. The van der Waals surface area contributed by atoms with Crippen molar-refractivity contribution in [1.82, 2.24) is 19.1 Å². The maximum Gasteiger partial charge on any atom is 0.221 e. The van der Waals surface area contributed by atoms with Crippen LogP contribution in [0.4, 0.5) is 10.1 Å². The van der Waals surface area contributed by atoms with E-state index in [4.69, 9.17) is 0 Å². The third-order valence-corrected chi connectivity index (χ3v) is 10.8. The molecular formula is C27H32FN5O2S. The molecule has 7 nitrogen and oxygen atoms in total. The number of fused-ring (bicyclic) bond motifs is 2. The maximum absolute atomic E-state index is 15.5. The summed E-state index contributed by atoms with van der Waals surface area (Å²) >= 11 is 0. The van der Waals surface area contributed by atoms with Gasteiger partial charge in [0.1, 0.15) is 23.7 Å². The summed E-state index contributed by atoms with van der Waals surface area (Å²) in [6.07, 6.45) is 9.07. The number of rotatable bonds is 5. The lowest BCUT2D eigenvalue weighted by Gasteiger charge is -2.41. The van der Waals surface area contributed by atoms with E-state index in [1.54, 1.807) is 24.8 Å². The fourth-order valence-corrected chi connectivity index (χ4v) is 8.74. The Bertz CT molecular complexity index is 1300. The molecule has 3 fully saturated rings. The topological polar surface area (TPSA) is 71.3 Å². The van der Waals surface area contributed by atoms with Crippen molar-refractivity contribution in [3.8, 4) is 0 Å². The van der Waals surface area contributed by atoms with Crippen LogP contribution in [0.15, 0.2) is 61.2 Å². The molecule has 9 heteroatoms. The van der Waals surface area contributed by atoms with E-state index >= 15 is 4.39 Å². The Morgan fingerprint density at radius 1 is 0.917 bits per heavy atom. The van der Waals surface area contributed by atoms with E-state index in [0.717, 1.165) is 43.4 Å². The molecule has 0 N–H and O–H groups in total. The number of anilines is 1. The molecule has 0 spiro atoms. The van der Waals surface area contributed by atoms with Gasteiger partial charge < -0.3 is 9.47 Å². The molecule has 6 rings (SSSR count). The van der Waals surface area contributed by atoms with Crippen LogP contribution < -0.4 is 4.90 Å². The first-order chi connectivity index (χ1) is 17.4. The number of hydrogen-bond acceptors (Lipinski definition) is 5. The lowest BCUT2D eigenvalue weighted by Crippen LogP contribution is -2.45. The molecule has 36 heavy (non-hydrogen) atoms. The Balaban J connectivity index is 1.21. The lowest BCUT2D eigenvalue weighted by atomic mass is 9.96. The summed E-state index contributed by atoms with van der Waals surface area (Å²) in [4.78, 5) is 2.37. The molecule has 5 atom stereocenters. The summed E-state index contributed by atoms with van der Waals surface area (Å²) < 4.78 is 46.2. The van der Waals surface area contributed by atoms with Crippen LogP contribution in [0.3, 0.4) is 0 Å². The average Bonchev–Trinajstić information content (AvgIpc) is 3.49. The van der Waals surface area contributed by atoms with Gasteiger partial charge in [0.05, 0.1) is 0 Å². The molecule has 0 saturated carbocycles. The van der Waals surface area contributed by atoms with Crippen molar-refractivity contribution < 1.29 is 12.8 Å². The van der Waals surface area contributed by atoms with Gasteiger partial charge in [0.15, 0.2) is 0 Å². The Hall–Kier alpha value is -2.78. The molecule has 1 unspecified atom stereocenters.